The Bertz CT molecular complexity index is 1200. The van der Waals surface area contributed by atoms with Crippen LogP contribution >= 0.6 is 0 Å². The van der Waals surface area contributed by atoms with E-state index in [1.807, 2.05) is 72.8 Å². The van der Waals surface area contributed by atoms with Gasteiger partial charge in [0.15, 0.2) is 5.69 Å². The van der Waals surface area contributed by atoms with Crippen LogP contribution in [-0.2, 0) is 20.1 Å². The standard InChI is InChI=1S/C23H14N3.C5H12O2.Ir/c1-24-20-14-8-13-19(15-20)21-16-25-22(17-9-4-2-5-10-17)23(26-21)18-11-6-3-7-12-18;1-4(6)3-5(2)7;/h2-9,11-16H;4-7H,3H2,1-2H3;/q-1;;. The van der Waals surface area contributed by atoms with E-state index in [1.165, 1.54) is 0 Å². The molecule has 0 saturated heterocycles. The predicted molar refractivity (Wildman–Crippen MR) is 131 cm³/mol. The Balaban J connectivity index is 0.000000449. The first kappa shape index (κ1) is 27.0. The van der Waals surface area contributed by atoms with Gasteiger partial charge in [0.2, 0.25) is 0 Å². The van der Waals surface area contributed by atoms with Crippen LogP contribution in [0.5, 0.6) is 0 Å². The van der Waals surface area contributed by atoms with Crippen LogP contribution < -0.4 is 0 Å². The molecule has 0 aliphatic carbocycles. The number of benzene rings is 3. The van der Waals surface area contributed by atoms with E-state index < -0.39 is 0 Å². The molecule has 4 rings (SSSR count). The smallest absolute Gasteiger partial charge is 0.187 e. The number of hydrogen-bond donors (Lipinski definition) is 2. The van der Waals surface area contributed by atoms with Crippen molar-refractivity contribution in [3.63, 3.8) is 0 Å². The van der Waals surface area contributed by atoms with Crippen molar-refractivity contribution in [3.05, 3.63) is 103 Å². The normalized spacial score (nSPS) is 11.7. The summed E-state index contributed by atoms with van der Waals surface area (Å²) in [6.45, 7) is 10.5. The minimum atomic E-state index is -0.375. The molecular formula is C28H26IrN3O2-. The second-order valence-electron chi connectivity index (χ2n) is 7.69. The predicted octanol–water partition coefficient (Wildman–Crippen LogP) is 5.96. The molecule has 1 radical (unpaired) electrons. The summed E-state index contributed by atoms with van der Waals surface area (Å²) in [5, 5.41) is 17.1. The van der Waals surface area contributed by atoms with Crippen LogP contribution in [0.1, 0.15) is 20.3 Å². The van der Waals surface area contributed by atoms with Crippen molar-refractivity contribution in [1.82, 2.24) is 9.97 Å². The Hall–Kier alpha value is -3.20. The second-order valence-corrected chi connectivity index (χ2v) is 7.69. The number of aromatic nitrogens is 2. The van der Waals surface area contributed by atoms with Crippen LogP contribution in [-0.4, -0.2) is 32.4 Å². The maximum Gasteiger partial charge on any atom is 0.187 e. The van der Waals surface area contributed by atoms with Crippen molar-refractivity contribution in [2.24, 2.45) is 0 Å². The molecule has 6 heteroatoms. The zero-order chi connectivity index (χ0) is 23.6. The van der Waals surface area contributed by atoms with E-state index in [2.05, 4.69) is 15.9 Å². The van der Waals surface area contributed by atoms with Crippen LogP contribution in [0.4, 0.5) is 5.69 Å². The van der Waals surface area contributed by atoms with Gasteiger partial charge in [0.25, 0.3) is 0 Å². The molecule has 2 unspecified atom stereocenters. The molecule has 0 aliphatic heterocycles. The van der Waals surface area contributed by atoms with Gasteiger partial charge in [0.1, 0.15) is 0 Å². The van der Waals surface area contributed by atoms with Gasteiger partial charge in [-0.15, -0.1) is 35.9 Å². The van der Waals surface area contributed by atoms with Gasteiger partial charge >= 0.3 is 0 Å². The van der Waals surface area contributed by atoms with Gasteiger partial charge in [-0.1, -0.05) is 48.5 Å². The molecule has 34 heavy (non-hydrogen) atoms. The van der Waals surface area contributed by atoms with Gasteiger partial charge in [-0.25, -0.2) is 4.85 Å². The number of aliphatic hydroxyl groups is 2. The fourth-order valence-electron chi connectivity index (χ4n) is 3.29. The molecule has 1 heterocycles. The molecular weight excluding hydrogens is 603 g/mol. The molecule has 0 saturated carbocycles. The summed E-state index contributed by atoms with van der Waals surface area (Å²) in [4.78, 5) is 13.1. The van der Waals surface area contributed by atoms with E-state index in [-0.39, 0.29) is 32.3 Å². The van der Waals surface area contributed by atoms with Crippen LogP contribution in [0.25, 0.3) is 38.6 Å². The third-order valence-electron chi connectivity index (χ3n) is 4.74. The Labute approximate surface area is 214 Å². The van der Waals surface area contributed by atoms with Crippen molar-refractivity contribution in [2.45, 2.75) is 32.5 Å². The van der Waals surface area contributed by atoms with E-state index in [0.29, 0.717) is 12.1 Å². The summed E-state index contributed by atoms with van der Waals surface area (Å²) in [5.41, 5.74) is 5.71. The molecule has 0 fully saturated rings. The number of rotatable bonds is 5. The molecule has 1 aromatic heterocycles. The quantitative estimate of drug-likeness (QED) is 0.268. The van der Waals surface area contributed by atoms with Gasteiger partial charge in [0.05, 0.1) is 30.2 Å². The van der Waals surface area contributed by atoms with Crippen molar-refractivity contribution >= 4 is 5.69 Å². The van der Waals surface area contributed by atoms with E-state index in [4.69, 9.17) is 21.8 Å². The molecule has 0 spiro atoms. The molecule has 0 bridgehead atoms. The van der Waals surface area contributed by atoms with Gasteiger partial charge in [-0.05, 0) is 37.5 Å². The van der Waals surface area contributed by atoms with Crippen molar-refractivity contribution < 1.29 is 30.3 Å². The first-order chi connectivity index (χ1) is 16.0. The van der Waals surface area contributed by atoms with Gasteiger partial charge in [-0.3, -0.25) is 4.98 Å². The fraction of sp³-hybridized carbons (Fsp3) is 0.179. The summed E-state index contributed by atoms with van der Waals surface area (Å²) in [5.74, 6) is 0. The van der Waals surface area contributed by atoms with Crippen molar-refractivity contribution in [1.29, 1.82) is 0 Å². The third-order valence-corrected chi connectivity index (χ3v) is 4.74. The average molecular weight is 629 g/mol. The molecule has 4 aromatic rings. The van der Waals surface area contributed by atoms with Gasteiger partial charge < -0.3 is 15.2 Å². The number of nitrogens with zero attached hydrogens (tertiary/aromatic N) is 3. The van der Waals surface area contributed by atoms with E-state index in [0.717, 1.165) is 33.8 Å². The summed E-state index contributed by atoms with van der Waals surface area (Å²) >= 11 is 0. The molecule has 3 aromatic carbocycles. The van der Waals surface area contributed by atoms with E-state index in [1.54, 1.807) is 26.1 Å². The molecule has 0 amide bonds. The monoisotopic (exact) mass is 629 g/mol. The average Bonchev–Trinajstić information content (AvgIpc) is 2.84. The molecule has 2 atom stereocenters. The number of hydrogen-bond acceptors (Lipinski definition) is 4. The van der Waals surface area contributed by atoms with Gasteiger partial charge in [0, 0.05) is 32.0 Å². The summed E-state index contributed by atoms with van der Waals surface area (Å²) in [6, 6.07) is 28.4. The Kier molecular flexibility index (Phi) is 10.7. The van der Waals surface area contributed by atoms with E-state index >= 15 is 0 Å². The fourth-order valence-corrected chi connectivity index (χ4v) is 3.29. The summed E-state index contributed by atoms with van der Waals surface area (Å²) in [6.07, 6.45) is 1.48. The third kappa shape index (κ3) is 7.69. The summed E-state index contributed by atoms with van der Waals surface area (Å²) in [7, 11) is 0. The molecule has 0 aliphatic rings. The maximum atomic E-state index is 8.56. The van der Waals surface area contributed by atoms with E-state index in [9.17, 15) is 0 Å². The minimum absolute atomic E-state index is 0. The molecule has 5 nitrogen and oxygen atoms in total. The van der Waals surface area contributed by atoms with Crippen LogP contribution in [0, 0.1) is 12.6 Å². The zero-order valence-corrected chi connectivity index (χ0v) is 21.4. The second kappa shape index (κ2) is 13.5. The molecule has 175 valence electrons. The Morgan fingerprint density at radius 2 is 1.56 bits per heavy atom. The van der Waals surface area contributed by atoms with Crippen LogP contribution in [0.15, 0.2) is 85.1 Å². The first-order valence-corrected chi connectivity index (χ1v) is 10.7. The Morgan fingerprint density at radius 3 is 2.15 bits per heavy atom. The zero-order valence-electron chi connectivity index (χ0n) is 19.0. The van der Waals surface area contributed by atoms with Crippen LogP contribution in [0.2, 0.25) is 0 Å². The topological polar surface area (TPSA) is 70.6 Å². The van der Waals surface area contributed by atoms with Crippen molar-refractivity contribution in [2.75, 3.05) is 0 Å². The van der Waals surface area contributed by atoms with Gasteiger partial charge in [-0.2, -0.15) is 0 Å². The van der Waals surface area contributed by atoms with Crippen molar-refractivity contribution in [3.8, 4) is 33.8 Å². The Morgan fingerprint density at radius 1 is 0.882 bits per heavy atom. The minimum Gasteiger partial charge on any atom is -0.393 e. The maximum absolute atomic E-state index is 8.56. The number of aliphatic hydroxyl groups excluding tert-OH is 2. The SMILES string of the molecule is CC(O)CC(C)O.[C-]#[N+]c1cccc(-c2cnc(-c3[c-]cccc3)c(-c3ccccc3)n2)c1.[Ir]. The first-order valence-electron chi connectivity index (χ1n) is 10.7. The molecule has 2 N–H and O–H groups in total. The van der Waals surface area contributed by atoms with Crippen LogP contribution in [0.3, 0.4) is 0 Å². The largest absolute Gasteiger partial charge is 0.393 e. The summed E-state index contributed by atoms with van der Waals surface area (Å²) < 4.78 is 0.